The number of carbonyl (C=O) groups excluding carboxylic acids is 1. The van der Waals surface area contributed by atoms with E-state index in [1.165, 1.54) is 19.3 Å². The van der Waals surface area contributed by atoms with E-state index in [0.29, 0.717) is 37.7 Å². The first-order valence-electron chi connectivity index (χ1n) is 10.8. The molecule has 1 amide bonds. The number of benzene rings is 2. The zero-order valence-corrected chi connectivity index (χ0v) is 19.1. The molecule has 2 N–H and O–H groups in total. The standard InChI is InChI=1S/C24H32N2O4S/c1-3-5-6-7-14-29-22-13-9-11-20(18-22)25-24(31)26-23(27)19-10-8-12-21(17-19)30-16-15-28-4-2/h8-13,17-18H,3-7,14-16H2,1-2H3,(H2,25,26,27,31). The van der Waals surface area contributed by atoms with Crippen molar-refractivity contribution < 1.29 is 19.0 Å². The van der Waals surface area contributed by atoms with E-state index in [1.807, 2.05) is 31.2 Å². The minimum absolute atomic E-state index is 0.216. The summed E-state index contributed by atoms with van der Waals surface area (Å²) in [6, 6.07) is 14.5. The van der Waals surface area contributed by atoms with Crippen molar-refractivity contribution in [2.24, 2.45) is 0 Å². The molecule has 0 spiro atoms. The summed E-state index contributed by atoms with van der Waals surface area (Å²) in [5.41, 5.74) is 1.21. The summed E-state index contributed by atoms with van der Waals surface area (Å²) >= 11 is 5.29. The largest absolute Gasteiger partial charge is 0.494 e. The molecule has 0 aliphatic carbocycles. The fraction of sp³-hybridized carbons (Fsp3) is 0.417. The van der Waals surface area contributed by atoms with Crippen molar-refractivity contribution in [3.63, 3.8) is 0 Å². The lowest BCUT2D eigenvalue weighted by Gasteiger charge is -2.12. The molecule has 7 heteroatoms. The molecule has 0 radical (unpaired) electrons. The number of anilines is 1. The summed E-state index contributed by atoms with van der Waals surface area (Å²) in [7, 11) is 0. The van der Waals surface area contributed by atoms with Crippen molar-refractivity contribution in [3.8, 4) is 11.5 Å². The third kappa shape index (κ3) is 9.81. The van der Waals surface area contributed by atoms with Crippen LogP contribution >= 0.6 is 12.2 Å². The second kappa shape index (κ2) is 14.4. The SMILES string of the molecule is CCCCCCOc1cccc(NC(=S)NC(=O)c2cccc(OCCOCC)c2)c1. The van der Waals surface area contributed by atoms with Gasteiger partial charge in [-0.2, -0.15) is 0 Å². The number of nitrogens with one attached hydrogen (secondary N) is 2. The fourth-order valence-corrected chi connectivity index (χ4v) is 3.02. The zero-order valence-electron chi connectivity index (χ0n) is 18.3. The summed E-state index contributed by atoms with van der Waals surface area (Å²) in [6.45, 7) is 6.38. The quantitative estimate of drug-likeness (QED) is 0.327. The van der Waals surface area contributed by atoms with E-state index in [2.05, 4.69) is 17.6 Å². The van der Waals surface area contributed by atoms with Gasteiger partial charge in [-0.15, -0.1) is 0 Å². The minimum Gasteiger partial charge on any atom is -0.494 e. The van der Waals surface area contributed by atoms with E-state index in [4.69, 9.17) is 26.4 Å². The van der Waals surface area contributed by atoms with Gasteiger partial charge < -0.3 is 19.5 Å². The lowest BCUT2D eigenvalue weighted by Crippen LogP contribution is -2.34. The lowest BCUT2D eigenvalue weighted by atomic mass is 10.2. The molecule has 2 aromatic rings. The molecule has 0 fully saturated rings. The van der Waals surface area contributed by atoms with E-state index in [0.717, 1.165) is 17.9 Å². The first kappa shape index (κ1) is 24.6. The van der Waals surface area contributed by atoms with Crippen LogP contribution in [0, 0.1) is 0 Å². The highest BCUT2D eigenvalue weighted by molar-refractivity contribution is 7.80. The van der Waals surface area contributed by atoms with Crippen molar-refractivity contribution in [2.45, 2.75) is 39.5 Å². The van der Waals surface area contributed by atoms with Gasteiger partial charge in [-0.1, -0.05) is 38.3 Å². The summed E-state index contributed by atoms with van der Waals surface area (Å²) < 4.78 is 16.6. The summed E-state index contributed by atoms with van der Waals surface area (Å²) in [6.07, 6.45) is 4.63. The maximum absolute atomic E-state index is 12.5. The van der Waals surface area contributed by atoms with Gasteiger partial charge in [0.2, 0.25) is 0 Å². The minimum atomic E-state index is -0.309. The van der Waals surface area contributed by atoms with Crippen LogP contribution in [0.3, 0.4) is 0 Å². The third-order valence-electron chi connectivity index (χ3n) is 4.38. The number of unbranched alkanes of at least 4 members (excludes halogenated alkanes) is 3. The smallest absolute Gasteiger partial charge is 0.257 e. The first-order chi connectivity index (χ1) is 15.1. The van der Waals surface area contributed by atoms with Crippen molar-refractivity contribution >= 4 is 28.9 Å². The molecule has 2 aromatic carbocycles. The van der Waals surface area contributed by atoms with Gasteiger partial charge in [0.25, 0.3) is 5.91 Å². The van der Waals surface area contributed by atoms with Gasteiger partial charge in [0, 0.05) is 23.9 Å². The summed E-state index contributed by atoms with van der Waals surface area (Å²) in [4.78, 5) is 12.5. The Morgan fingerprint density at radius 3 is 2.42 bits per heavy atom. The molecule has 2 rings (SSSR count). The molecule has 0 saturated carbocycles. The molecule has 0 bridgehead atoms. The Morgan fingerprint density at radius 2 is 1.65 bits per heavy atom. The molecule has 0 saturated heterocycles. The molecule has 0 unspecified atom stereocenters. The molecular weight excluding hydrogens is 412 g/mol. The van der Waals surface area contributed by atoms with E-state index in [1.54, 1.807) is 24.3 Å². The molecule has 0 heterocycles. The molecule has 0 aliphatic rings. The normalized spacial score (nSPS) is 10.4. The van der Waals surface area contributed by atoms with Gasteiger partial charge in [-0.3, -0.25) is 10.1 Å². The van der Waals surface area contributed by atoms with Crippen LogP contribution in [0.5, 0.6) is 11.5 Å². The van der Waals surface area contributed by atoms with E-state index in [9.17, 15) is 4.79 Å². The van der Waals surface area contributed by atoms with Crippen LogP contribution in [-0.4, -0.2) is 37.4 Å². The molecule has 31 heavy (non-hydrogen) atoms. The van der Waals surface area contributed by atoms with Gasteiger partial charge in [-0.25, -0.2) is 0 Å². The molecule has 0 aromatic heterocycles. The molecule has 0 aliphatic heterocycles. The van der Waals surface area contributed by atoms with Crippen LogP contribution < -0.4 is 20.1 Å². The van der Waals surface area contributed by atoms with E-state index < -0.39 is 0 Å². The Balaban J connectivity index is 1.82. The maximum atomic E-state index is 12.5. The summed E-state index contributed by atoms with van der Waals surface area (Å²) in [5, 5.41) is 5.94. The van der Waals surface area contributed by atoms with Gasteiger partial charge >= 0.3 is 0 Å². The van der Waals surface area contributed by atoms with Crippen LogP contribution in [0.4, 0.5) is 5.69 Å². The zero-order chi connectivity index (χ0) is 22.3. The molecule has 0 atom stereocenters. The molecular formula is C24H32N2O4S. The van der Waals surface area contributed by atoms with E-state index in [-0.39, 0.29) is 11.0 Å². The highest BCUT2D eigenvalue weighted by atomic mass is 32.1. The Kier molecular flexibility index (Phi) is 11.4. The first-order valence-corrected chi connectivity index (χ1v) is 11.2. The number of hydrogen-bond donors (Lipinski definition) is 2. The number of ether oxygens (including phenoxy) is 3. The van der Waals surface area contributed by atoms with Crippen molar-refractivity contribution in [2.75, 3.05) is 31.7 Å². The number of amides is 1. The number of rotatable bonds is 13. The fourth-order valence-electron chi connectivity index (χ4n) is 2.81. The van der Waals surface area contributed by atoms with Crippen LogP contribution in [0.2, 0.25) is 0 Å². The second-order valence-electron chi connectivity index (χ2n) is 6.92. The third-order valence-corrected chi connectivity index (χ3v) is 4.59. The lowest BCUT2D eigenvalue weighted by molar-refractivity contribution is 0.0976. The van der Waals surface area contributed by atoms with Crippen molar-refractivity contribution in [1.29, 1.82) is 0 Å². The summed E-state index contributed by atoms with van der Waals surface area (Å²) in [5.74, 6) is 1.07. The van der Waals surface area contributed by atoms with Crippen LogP contribution in [0.1, 0.15) is 49.9 Å². The van der Waals surface area contributed by atoms with Crippen LogP contribution in [-0.2, 0) is 4.74 Å². The Bertz CT molecular complexity index is 829. The van der Waals surface area contributed by atoms with Gasteiger partial charge in [0.05, 0.1) is 13.2 Å². The Labute approximate surface area is 190 Å². The number of carbonyl (C=O) groups is 1. The van der Waals surface area contributed by atoms with Gasteiger partial charge in [0.1, 0.15) is 18.1 Å². The maximum Gasteiger partial charge on any atom is 0.257 e. The van der Waals surface area contributed by atoms with Gasteiger partial charge in [0.15, 0.2) is 5.11 Å². The topological polar surface area (TPSA) is 68.8 Å². The number of thiocarbonyl (C=S) groups is 1. The number of hydrogen-bond acceptors (Lipinski definition) is 5. The highest BCUT2D eigenvalue weighted by Gasteiger charge is 2.09. The van der Waals surface area contributed by atoms with Crippen molar-refractivity contribution in [1.82, 2.24) is 5.32 Å². The second-order valence-corrected chi connectivity index (χ2v) is 7.33. The molecule has 168 valence electrons. The average Bonchev–Trinajstić information content (AvgIpc) is 2.77. The molecule has 6 nitrogen and oxygen atoms in total. The predicted octanol–water partition coefficient (Wildman–Crippen LogP) is 5.19. The predicted molar refractivity (Wildman–Crippen MR) is 128 cm³/mol. The monoisotopic (exact) mass is 444 g/mol. The van der Waals surface area contributed by atoms with Crippen LogP contribution in [0.25, 0.3) is 0 Å². The average molecular weight is 445 g/mol. The van der Waals surface area contributed by atoms with Crippen molar-refractivity contribution in [3.05, 3.63) is 54.1 Å². The van der Waals surface area contributed by atoms with Gasteiger partial charge in [-0.05, 0) is 55.9 Å². The highest BCUT2D eigenvalue weighted by Crippen LogP contribution is 2.18. The Hall–Kier alpha value is -2.64. The Morgan fingerprint density at radius 1 is 0.903 bits per heavy atom. The van der Waals surface area contributed by atoms with E-state index >= 15 is 0 Å². The van der Waals surface area contributed by atoms with Crippen LogP contribution in [0.15, 0.2) is 48.5 Å².